The molecule has 0 saturated carbocycles. The van der Waals surface area contributed by atoms with E-state index in [1.807, 2.05) is 36.4 Å². The molecule has 2 atom stereocenters. The zero-order valence-corrected chi connectivity index (χ0v) is 16.2. The van der Waals surface area contributed by atoms with Gasteiger partial charge in [-0.1, -0.05) is 48.0 Å². The highest BCUT2D eigenvalue weighted by Gasteiger charge is 2.45. The van der Waals surface area contributed by atoms with Crippen LogP contribution in [0.25, 0.3) is 10.9 Å². The largest absolute Gasteiger partial charge is 0.357 e. The number of halogens is 1. The predicted molar refractivity (Wildman–Crippen MR) is 108 cm³/mol. The van der Waals surface area contributed by atoms with Gasteiger partial charge in [0.15, 0.2) is 0 Å². The van der Waals surface area contributed by atoms with Crippen LogP contribution >= 0.6 is 11.6 Å². The van der Waals surface area contributed by atoms with Gasteiger partial charge in [0.1, 0.15) is 0 Å². The van der Waals surface area contributed by atoms with Crippen LogP contribution in [0.15, 0.2) is 48.5 Å². The van der Waals surface area contributed by atoms with Crippen LogP contribution in [0, 0.1) is 0 Å². The quantitative estimate of drug-likeness (QED) is 0.678. The average molecular weight is 394 g/mol. The highest BCUT2D eigenvalue weighted by atomic mass is 35.5. The maximum absolute atomic E-state index is 12.8. The molecule has 5 rings (SSSR count). The van der Waals surface area contributed by atoms with E-state index in [0.717, 1.165) is 23.2 Å². The van der Waals surface area contributed by atoms with Crippen molar-refractivity contribution >= 4 is 34.3 Å². The van der Waals surface area contributed by atoms with Gasteiger partial charge in [0.05, 0.1) is 18.5 Å². The van der Waals surface area contributed by atoms with Gasteiger partial charge < -0.3 is 4.98 Å². The number of carbonyl (C=O) groups is 2. The summed E-state index contributed by atoms with van der Waals surface area (Å²) < 4.78 is 0. The van der Waals surface area contributed by atoms with Gasteiger partial charge in [0, 0.05) is 35.2 Å². The normalized spacial score (nSPS) is 22.9. The smallest absolute Gasteiger partial charge is 0.246 e. The van der Waals surface area contributed by atoms with Crippen molar-refractivity contribution < 1.29 is 9.59 Å². The molecule has 0 aliphatic carbocycles. The van der Waals surface area contributed by atoms with Gasteiger partial charge in [0.2, 0.25) is 11.8 Å². The number of likely N-dealkylation sites (N-methyl/N-ethyl adjacent to an activating group) is 1. The molecule has 1 N–H and O–H groups in total. The molecule has 142 valence electrons. The summed E-state index contributed by atoms with van der Waals surface area (Å²) in [5.41, 5.74) is 4.36. The number of H-pyrrole nitrogens is 1. The lowest BCUT2D eigenvalue weighted by molar-refractivity contribution is -0.138. The van der Waals surface area contributed by atoms with Crippen molar-refractivity contribution in [3.8, 4) is 0 Å². The fourth-order valence-corrected chi connectivity index (χ4v) is 4.86. The van der Waals surface area contributed by atoms with E-state index in [4.69, 9.17) is 11.6 Å². The van der Waals surface area contributed by atoms with E-state index in [0.29, 0.717) is 11.6 Å². The molecule has 2 aromatic carbocycles. The summed E-state index contributed by atoms with van der Waals surface area (Å²) in [6.45, 7) is 0.697. The van der Waals surface area contributed by atoms with Crippen molar-refractivity contribution in [2.24, 2.45) is 0 Å². The van der Waals surface area contributed by atoms with Crippen molar-refractivity contribution in [3.05, 3.63) is 70.4 Å². The maximum atomic E-state index is 12.8. The Morgan fingerprint density at radius 3 is 2.57 bits per heavy atom. The monoisotopic (exact) mass is 393 g/mol. The summed E-state index contributed by atoms with van der Waals surface area (Å²) in [7, 11) is 1.56. The van der Waals surface area contributed by atoms with Crippen LogP contribution in [0.2, 0.25) is 5.02 Å². The fraction of sp³-hybridized carbons (Fsp3) is 0.273. The molecule has 1 aromatic heterocycles. The van der Waals surface area contributed by atoms with Crippen molar-refractivity contribution in [2.75, 3.05) is 13.6 Å². The number of hydrogen-bond acceptors (Lipinski definition) is 3. The first-order chi connectivity index (χ1) is 13.6. The number of aromatic amines is 1. The number of aromatic nitrogens is 1. The van der Waals surface area contributed by atoms with E-state index in [2.05, 4.69) is 22.0 Å². The molecule has 1 fully saturated rings. The van der Waals surface area contributed by atoms with Gasteiger partial charge in [-0.05, 0) is 29.7 Å². The molecule has 0 radical (unpaired) electrons. The zero-order valence-electron chi connectivity index (χ0n) is 15.5. The van der Waals surface area contributed by atoms with Crippen molar-refractivity contribution in [1.82, 2.24) is 14.8 Å². The number of imide groups is 1. The molecule has 6 heteroatoms. The molecule has 0 spiro atoms. The number of nitrogens with zero attached hydrogens (tertiary/aromatic N) is 2. The first-order valence-corrected chi connectivity index (χ1v) is 9.84. The lowest BCUT2D eigenvalue weighted by Crippen LogP contribution is -2.47. The highest BCUT2D eigenvalue weighted by molar-refractivity contribution is 6.31. The Morgan fingerprint density at radius 2 is 1.82 bits per heavy atom. The summed E-state index contributed by atoms with van der Waals surface area (Å²) >= 11 is 6.59. The minimum atomic E-state index is -0.460. The SMILES string of the molecule is CN1C(=O)C[C@@H](N2CCc3c([nH]c4ccccc34)[C@H]2c2ccccc2Cl)C1=O. The molecule has 2 aliphatic rings. The molecule has 0 unspecified atom stereocenters. The second kappa shape index (κ2) is 6.47. The number of nitrogens with one attached hydrogen (secondary N) is 1. The lowest BCUT2D eigenvalue weighted by Gasteiger charge is -2.39. The summed E-state index contributed by atoms with van der Waals surface area (Å²) in [5.74, 6) is -0.267. The van der Waals surface area contributed by atoms with Crippen LogP contribution in [0.1, 0.15) is 29.3 Å². The molecule has 3 aromatic rings. The molecule has 1 saturated heterocycles. The predicted octanol–water partition coefficient (Wildman–Crippen LogP) is 3.53. The van der Waals surface area contributed by atoms with Crippen molar-refractivity contribution in [2.45, 2.75) is 24.9 Å². The number of rotatable bonds is 2. The molecular formula is C22H20ClN3O2. The Bertz CT molecular complexity index is 1110. The van der Waals surface area contributed by atoms with Gasteiger partial charge in [0.25, 0.3) is 0 Å². The fourth-order valence-electron chi connectivity index (χ4n) is 4.62. The van der Waals surface area contributed by atoms with Gasteiger partial charge in [-0.15, -0.1) is 0 Å². The van der Waals surface area contributed by atoms with E-state index in [-0.39, 0.29) is 24.3 Å². The van der Waals surface area contributed by atoms with E-state index in [1.54, 1.807) is 7.05 Å². The van der Waals surface area contributed by atoms with E-state index >= 15 is 0 Å². The van der Waals surface area contributed by atoms with E-state index in [1.165, 1.54) is 15.8 Å². The molecule has 28 heavy (non-hydrogen) atoms. The van der Waals surface area contributed by atoms with Gasteiger partial charge in [-0.25, -0.2) is 0 Å². The number of amides is 2. The standard InChI is InChI=1S/C22H20ClN3O2/c1-25-19(27)12-18(22(25)28)26-11-10-14-13-6-3-5-9-17(13)24-20(14)21(26)15-7-2-4-8-16(15)23/h2-9,18,21,24H,10-12H2,1H3/t18-,21-/m1/s1. The van der Waals surface area contributed by atoms with Crippen LogP contribution in [0.5, 0.6) is 0 Å². The van der Waals surface area contributed by atoms with Gasteiger partial charge in [-0.3, -0.25) is 19.4 Å². The minimum Gasteiger partial charge on any atom is -0.357 e. The number of fused-ring (bicyclic) bond motifs is 3. The molecule has 3 heterocycles. The molecular weight excluding hydrogens is 374 g/mol. The Morgan fingerprint density at radius 1 is 1.07 bits per heavy atom. The summed E-state index contributed by atoms with van der Waals surface area (Å²) in [6.07, 6.45) is 1.04. The van der Waals surface area contributed by atoms with Gasteiger partial charge in [-0.2, -0.15) is 0 Å². The lowest BCUT2D eigenvalue weighted by atomic mass is 9.90. The number of hydrogen-bond donors (Lipinski definition) is 1. The number of benzene rings is 2. The summed E-state index contributed by atoms with van der Waals surface area (Å²) in [4.78, 5) is 31.9. The van der Waals surface area contributed by atoms with E-state index in [9.17, 15) is 9.59 Å². The van der Waals surface area contributed by atoms with Crippen LogP contribution in [-0.4, -0.2) is 46.2 Å². The summed E-state index contributed by atoms with van der Waals surface area (Å²) in [6, 6.07) is 15.3. The average Bonchev–Trinajstić information content (AvgIpc) is 3.20. The van der Waals surface area contributed by atoms with Crippen molar-refractivity contribution in [1.29, 1.82) is 0 Å². The van der Waals surface area contributed by atoms with Crippen LogP contribution < -0.4 is 0 Å². The second-order valence-corrected chi connectivity index (χ2v) is 7.89. The number of likely N-dealkylation sites (tertiary alicyclic amines) is 1. The first-order valence-electron chi connectivity index (χ1n) is 9.46. The molecule has 2 aliphatic heterocycles. The Labute approximate surface area is 167 Å². The number of carbonyl (C=O) groups excluding carboxylic acids is 2. The third-order valence-corrected chi connectivity index (χ3v) is 6.37. The minimum absolute atomic E-state index is 0.129. The van der Waals surface area contributed by atoms with Crippen molar-refractivity contribution in [3.63, 3.8) is 0 Å². The zero-order chi connectivity index (χ0) is 19.4. The van der Waals surface area contributed by atoms with Crippen LogP contribution in [0.4, 0.5) is 0 Å². The Hall–Kier alpha value is -2.63. The highest BCUT2D eigenvalue weighted by Crippen LogP contribution is 2.42. The topological polar surface area (TPSA) is 56.4 Å². The Balaban J connectivity index is 1.69. The van der Waals surface area contributed by atoms with E-state index < -0.39 is 6.04 Å². The molecule has 5 nitrogen and oxygen atoms in total. The van der Waals surface area contributed by atoms with Crippen LogP contribution in [-0.2, 0) is 16.0 Å². The summed E-state index contributed by atoms with van der Waals surface area (Å²) in [5, 5.41) is 1.87. The molecule has 0 bridgehead atoms. The maximum Gasteiger partial charge on any atom is 0.246 e. The first kappa shape index (κ1) is 17.5. The Kier molecular flexibility index (Phi) is 4.03. The third kappa shape index (κ3) is 2.50. The van der Waals surface area contributed by atoms with Crippen LogP contribution in [0.3, 0.4) is 0 Å². The number of para-hydroxylation sites is 1. The van der Waals surface area contributed by atoms with Gasteiger partial charge >= 0.3 is 0 Å². The second-order valence-electron chi connectivity index (χ2n) is 7.49. The molecule has 2 amide bonds. The third-order valence-electron chi connectivity index (χ3n) is 6.03.